The normalized spacial score (nSPS) is 17.6. The Bertz CT molecular complexity index is 264. The van der Waals surface area contributed by atoms with Crippen LogP contribution in [0.25, 0.3) is 0 Å². The first-order chi connectivity index (χ1) is 11.1. The Morgan fingerprint density at radius 2 is 1.35 bits per heavy atom. The second kappa shape index (κ2) is 13.4. The van der Waals surface area contributed by atoms with Crippen LogP contribution in [0, 0.1) is 0 Å². The van der Waals surface area contributed by atoms with E-state index < -0.39 is 8.07 Å². The van der Waals surface area contributed by atoms with E-state index in [0.29, 0.717) is 6.10 Å². The Morgan fingerprint density at radius 3 is 1.91 bits per heavy atom. The second-order valence-electron chi connectivity index (χ2n) is 8.23. The first-order valence-corrected chi connectivity index (χ1v) is 13.7. The maximum Gasteiger partial charge on any atom is 0.104 e. The lowest BCUT2D eigenvalue weighted by atomic mass is 10.1. The van der Waals surface area contributed by atoms with Crippen molar-refractivity contribution < 1.29 is 9.47 Å². The lowest BCUT2D eigenvalue weighted by Gasteiger charge is -2.21. The van der Waals surface area contributed by atoms with Crippen molar-refractivity contribution in [3.63, 3.8) is 0 Å². The van der Waals surface area contributed by atoms with E-state index in [1.165, 1.54) is 70.6 Å². The average molecular weight is 343 g/mol. The van der Waals surface area contributed by atoms with Crippen LogP contribution in [0.5, 0.6) is 0 Å². The third-order valence-corrected chi connectivity index (χ3v) is 8.47. The zero-order valence-electron chi connectivity index (χ0n) is 16.2. The molecule has 1 atom stereocenters. The van der Waals surface area contributed by atoms with Gasteiger partial charge in [-0.15, -0.1) is 0 Å². The average Bonchev–Trinajstić information content (AvgIpc) is 3.34. The maximum atomic E-state index is 5.56. The summed E-state index contributed by atoms with van der Waals surface area (Å²) in [7, 11) is -0.845. The summed E-state index contributed by atoms with van der Waals surface area (Å²) in [6, 6.07) is 3.10. The minimum Gasteiger partial charge on any atom is -0.379 e. The quantitative estimate of drug-likeness (QED) is 0.173. The Kier molecular flexibility index (Phi) is 12.4. The fourth-order valence-electron chi connectivity index (χ4n) is 3.20. The maximum absolute atomic E-state index is 5.56. The van der Waals surface area contributed by atoms with E-state index in [4.69, 9.17) is 9.47 Å². The van der Waals surface area contributed by atoms with Crippen LogP contribution in [-0.4, -0.2) is 34.0 Å². The SMILES string of the molecule is CCCC[Si](C)(C)CCCCCCCCCCCOCC1CO1. The van der Waals surface area contributed by atoms with E-state index in [0.717, 1.165) is 19.8 Å². The molecule has 1 aliphatic rings. The highest BCUT2D eigenvalue weighted by molar-refractivity contribution is 6.77. The second-order valence-corrected chi connectivity index (χ2v) is 13.6. The molecule has 1 unspecified atom stereocenters. The summed E-state index contributed by atoms with van der Waals surface area (Å²) in [6.45, 7) is 10.2. The molecule has 3 heteroatoms. The summed E-state index contributed by atoms with van der Waals surface area (Å²) in [5, 5.41) is 0. The van der Waals surface area contributed by atoms with E-state index in [1.54, 1.807) is 12.1 Å². The van der Waals surface area contributed by atoms with Gasteiger partial charge in [0.25, 0.3) is 0 Å². The number of ether oxygens (including phenoxy) is 2. The summed E-state index contributed by atoms with van der Waals surface area (Å²) in [5.74, 6) is 0. The highest BCUT2D eigenvalue weighted by Gasteiger charge is 2.21. The molecule has 0 aromatic heterocycles. The van der Waals surface area contributed by atoms with Gasteiger partial charge in [0.05, 0.1) is 13.2 Å². The molecular weight excluding hydrogens is 300 g/mol. The molecule has 0 spiro atoms. The molecule has 0 saturated carbocycles. The molecular formula is C20H42O2Si. The van der Waals surface area contributed by atoms with Gasteiger partial charge in [-0.1, -0.05) is 96.3 Å². The Labute approximate surface area is 146 Å². The molecule has 1 fully saturated rings. The van der Waals surface area contributed by atoms with Gasteiger partial charge < -0.3 is 9.47 Å². The van der Waals surface area contributed by atoms with Gasteiger partial charge in [0.1, 0.15) is 6.10 Å². The molecule has 0 radical (unpaired) electrons. The molecule has 0 N–H and O–H groups in total. The first-order valence-electron chi connectivity index (χ1n) is 10.3. The van der Waals surface area contributed by atoms with Gasteiger partial charge in [0.2, 0.25) is 0 Å². The van der Waals surface area contributed by atoms with Gasteiger partial charge in [0.15, 0.2) is 0 Å². The van der Waals surface area contributed by atoms with Crippen LogP contribution >= 0.6 is 0 Å². The molecule has 0 aliphatic carbocycles. The van der Waals surface area contributed by atoms with Crippen LogP contribution in [0.4, 0.5) is 0 Å². The summed E-state index contributed by atoms with van der Waals surface area (Å²) in [6.07, 6.45) is 15.9. The fourth-order valence-corrected chi connectivity index (χ4v) is 5.97. The van der Waals surface area contributed by atoms with Crippen LogP contribution in [0.1, 0.15) is 77.6 Å². The number of hydrogen-bond acceptors (Lipinski definition) is 2. The van der Waals surface area contributed by atoms with Crippen molar-refractivity contribution in [2.75, 3.05) is 19.8 Å². The van der Waals surface area contributed by atoms with Crippen molar-refractivity contribution in [3.05, 3.63) is 0 Å². The predicted molar refractivity (Wildman–Crippen MR) is 104 cm³/mol. The molecule has 23 heavy (non-hydrogen) atoms. The van der Waals surface area contributed by atoms with Gasteiger partial charge in [-0.3, -0.25) is 0 Å². The molecule has 138 valence electrons. The summed E-state index contributed by atoms with van der Waals surface area (Å²) >= 11 is 0. The van der Waals surface area contributed by atoms with Crippen LogP contribution in [0.2, 0.25) is 25.2 Å². The standard InChI is InChI=1S/C20H42O2Si/c1-4-5-16-23(2,3)17-14-12-10-8-6-7-9-11-13-15-21-18-20-19-22-20/h20H,4-19H2,1-3H3. The van der Waals surface area contributed by atoms with Crippen LogP contribution < -0.4 is 0 Å². The molecule has 0 bridgehead atoms. The third kappa shape index (κ3) is 14.2. The van der Waals surface area contributed by atoms with E-state index in [-0.39, 0.29) is 0 Å². The molecule has 1 heterocycles. The molecule has 0 aromatic carbocycles. The van der Waals surface area contributed by atoms with Crippen molar-refractivity contribution in [2.24, 2.45) is 0 Å². The van der Waals surface area contributed by atoms with E-state index in [1.807, 2.05) is 0 Å². The van der Waals surface area contributed by atoms with Crippen LogP contribution in [0.3, 0.4) is 0 Å². The number of hydrogen-bond donors (Lipinski definition) is 0. The summed E-state index contributed by atoms with van der Waals surface area (Å²) in [5.41, 5.74) is 0. The van der Waals surface area contributed by atoms with E-state index in [2.05, 4.69) is 20.0 Å². The Balaban J connectivity index is 1.72. The summed E-state index contributed by atoms with van der Waals surface area (Å²) < 4.78 is 10.7. The lowest BCUT2D eigenvalue weighted by Crippen LogP contribution is -2.24. The van der Waals surface area contributed by atoms with Crippen molar-refractivity contribution in [1.82, 2.24) is 0 Å². The zero-order valence-corrected chi connectivity index (χ0v) is 17.2. The molecule has 1 rings (SSSR count). The minimum absolute atomic E-state index is 0.426. The number of rotatable bonds is 17. The van der Waals surface area contributed by atoms with Gasteiger partial charge >= 0.3 is 0 Å². The minimum atomic E-state index is -0.845. The summed E-state index contributed by atoms with van der Waals surface area (Å²) in [4.78, 5) is 0. The molecule has 0 aromatic rings. The molecule has 0 amide bonds. The van der Waals surface area contributed by atoms with Gasteiger partial charge in [0, 0.05) is 14.7 Å². The number of epoxide rings is 1. The topological polar surface area (TPSA) is 21.8 Å². The lowest BCUT2D eigenvalue weighted by molar-refractivity contribution is 0.113. The van der Waals surface area contributed by atoms with Gasteiger partial charge in [-0.25, -0.2) is 0 Å². The fraction of sp³-hybridized carbons (Fsp3) is 1.00. The van der Waals surface area contributed by atoms with E-state index in [9.17, 15) is 0 Å². The monoisotopic (exact) mass is 342 g/mol. The van der Waals surface area contributed by atoms with Crippen molar-refractivity contribution >= 4 is 8.07 Å². The largest absolute Gasteiger partial charge is 0.379 e. The molecule has 1 saturated heterocycles. The highest BCUT2D eigenvalue weighted by atomic mass is 28.3. The van der Waals surface area contributed by atoms with Gasteiger partial charge in [-0.2, -0.15) is 0 Å². The van der Waals surface area contributed by atoms with Crippen molar-refractivity contribution in [2.45, 2.75) is 109 Å². The van der Waals surface area contributed by atoms with Crippen LogP contribution in [-0.2, 0) is 9.47 Å². The zero-order chi connectivity index (χ0) is 16.8. The van der Waals surface area contributed by atoms with Crippen molar-refractivity contribution in [1.29, 1.82) is 0 Å². The van der Waals surface area contributed by atoms with E-state index >= 15 is 0 Å². The number of unbranched alkanes of at least 4 members (excludes halogenated alkanes) is 9. The molecule has 1 aliphatic heterocycles. The molecule has 2 nitrogen and oxygen atoms in total. The van der Waals surface area contributed by atoms with Gasteiger partial charge in [-0.05, 0) is 6.42 Å². The first kappa shape index (κ1) is 21.2. The van der Waals surface area contributed by atoms with Crippen LogP contribution in [0.15, 0.2) is 0 Å². The predicted octanol–water partition coefficient (Wildman–Crippen LogP) is 6.42. The Hall–Kier alpha value is 0.137. The third-order valence-electron chi connectivity index (χ3n) is 5.06. The smallest absolute Gasteiger partial charge is 0.104 e. The highest BCUT2D eigenvalue weighted by Crippen LogP contribution is 2.22. The Morgan fingerprint density at radius 1 is 0.826 bits per heavy atom. The van der Waals surface area contributed by atoms with Crippen molar-refractivity contribution in [3.8, 4) is 0 Å².